The number of carbonyl (C=O) groups is 2. The van der Waals surface area contributed by atoms with Crippen LogP contribution in [0.15, 0.2) is 24.3 Å². The summed E-state index contributed by atoms with van der Waals surface area (Å²) in [4.78, 5) is 23.1. The Morgan fingerprint density at radius 3 is 2.60 bits per heavy atom. The van der Waals surface area contributed by atoms with Crippen LogP contribution in [0.5, 0.6) is 5.75 Å². The zero-order chi connectivity index (χ0) is 14.6. The van der Waals surface area contributed by atoms with Gasteiger partial charge in [-0.25, -0.2) is 4.79 Å². The topological polar surface area (TPSA) is 75.6 Å². The second kappa shape index (κ2) is 5.94. The van der Waals surface area contributed by atoms with E-state index in [1.165, 1.54) is 0 Å². The summed E-state index contributed by atoms with van der Waals surface area (Å²) >= 11 is 0. The van der Waals surface area contributed by atoms with Crippen LogP contribution in [0.2, 0.25) is 0 Å². The molecule has 0 unspecified atom stereocenters. The molecule has 5 heteroatoms. The molecule has 1 amide bonds. The van der Waals surface area contributed by atoms with Gasteiger partial charge in [0.1, 0.15) is 11.3 Å². The molecule has 0 atom stereocenters. The van der Waals surface area contributed by atoms with Gasteiger partial charge in [0.2, 0.25) is 5.91 Å². The number of methoxy groups -OCH3 is 1. The molecule has 1 aromatic rings. The summed E-state index contributed by atoms with van der Waals surface area (Å²) in [5.74, 6) is -0.413. The molecule has 1 aromatic carbocycles. The Labute approximate surface area is 117 Å². The molecule has 108 valence electrons. The molecule has 5 nitrogen and oxygen atoms in total. The Morgan fingerprint density at radius 1 is 1.35 bits per heavy atom. The molecule has 0 spiro atoms. The summed E-state index contributed by atoms with van der Waals surface area (Å²) in [5.41, 5.74) is -0.0826. The third-order valence-electron chi connectivity index (χ3n) is 3.81. The zero-order valence-electron chi connectivity index (χ0n) is 11.5. The Kier molecular flexibility index (Phi) is 4.27. The maximum absolute atomic E-state index is 11.9. The minimum Gasteiger partial charge on any atom is -0.496 e. The lowest BCUT2D eigenvalue weighted by Crippen LogP contribution is -2.59. The standard InChI is InChI=1S/C15H19NO4/c1-20-12-6-3-2-5-11(12)7-8-13(17)16-15(14(18)19)9-4-10-15/h2-3,5-6H,4,7-10H2,1H3,(H,16,17)(H,18,19). The summed E-state index contributed by atoms with van der Waals surface area (Å²) in [6, 6.07) is 7.51. The summed E-state index contributed by atoms with van der Waals surface area (Å²) in [6.07, 6.45) is 2.67. The van der Waals surface area contributed by atoms with Crippen LogP contribution >= 0.6 is 0 Å². The number of rotatable bonds is 6. The number of aryl methyl sites for hydroxylation is 1. The number of benzene rings is 1. The van der Waals surface area contributed by atoms with Gasteiger partial charge in [-0.15, -0.1) is 0 Å². The fraction of sp³-hybridized carbons (Fsp3) is 0.467. The van der Waals surface area contributed by atoms with Crippen LogP contribution < -0.4 is 10.1 Å². The lowest BCUT2D eigenvalue weighted by molar-refractivity contribution is -0.151. The molecular weight excluding hydrogens is 258 g/mol. The second-order valence-electron chi connectivity index (χ2n) is 5.10. The SMILES string of the molecule is COc1ccccc1CCC(=O)NC1(C(=O)O)CCC1. The minimum atomic E-state index is -1.03. The molecule has 0 bridgehead atoms. The quantitative estimate of drug-likeness (QED) is 0.830. The molecule has 0 aliphatic heterocycles. The second-order valence-corrected chi connectivity index (χ2v) is 5.10. The maximum Gasteiger partial charge on any atom is 0.329 e. The van der Waals surface area contributed by atoms with Gasteiger partial charge in [-0.05, 0) is 37.3 Å². The van der Waals surface area contributed by atoms with Gasteiger partial charge in [0.15, 0.2) is 0 Å². The van der Waals surface area contributed by atoms with Crippen LogP contribution in [-0.4, -0.2) is 29.6 Å². The molecule has 1 fully saturated rings. The number of para-hydroxylation sites is 1. The molecule has 2 N–H and O–H groups in total. The smallest absolute Gasteiger partial charge is 0.329 e. The summed E-state index contributed by atoms with van der Waals surface area (Å²) < 4.78 is 5.22. The van der Waals surface area contributed by atoms with Gasteiger partial charge in [-0.1, -0.05) is 18.2 Å². The molecule has 20 heavy (non-hydrogen) atoms. The van der Waals surface area contributed by atoms with Gasteiger partial charge in [0.05, 0.1) is 7.11 Å². The number of ether oxygens (including phenoxy) is 1. The van der Waals surface area contributed by atoms with E-state index in [0.29, 0.717) is 19.3 Å². The first-order chi connectivity index (χ1) is 9.57. The van der Waals surface area contributed by atoms with E-state index >= 15 is 0 Å². The number of aliphatic carboxylic acids is 1. The minimum absolute atomic E-state index is 0.224. The molecule has 2 rings (SSSR count). The van der Waals surface area contributed by atoms with Gasteiger partial charge in [0.25, 0.3) is 0 Å². The molecule has 1 saturated carbocycles. The molecule has 0 radical (unpaired) electrons. The van der Waals surface area contributed by atoms with Crippen LogP contribution in [-0.2, 0) is 16.0 Å². The maximum atomic E-state index is 11.9. The van der Waals surface area contributed by atoms with Gasteiger partial charge in [-0.3, -0.25) is 4.79 Å². The van der Waals surface area contributed by atoms with Crippen LogP contribution in [0.1, 0.15) is 31.2 Å². The van der Waals surface area contributed by atoms with E-state index in [4.69, 9.17) is 9.84 Å². The van der Waals surface area contributed by atoms with Crippen molar-refractivity contribution in [3.05, 3.63) is 29.8 Å². The van der Waals surface area contributed by atoms with Gasteiger partial charge in [-0.2, -0.15) is 0 Å². The van der Waals surface area contributed by atoms with Crippen molar-refractivity contribution in [3.8, 4) is 5.75 Å². The van der Waals surface area contributed by atoms with Crippen molar-refractivity contribution in [1.29, 1.82) is 0 Å². The zero-order valence-corrected chi connectivity index (χ0v) is 11.5. The fourth-order valence-electron chi connectivity index (χ4n) is 2.41. The van der Waals surface area contributed by atoms with Crippen molar-refractivity contribution in [2.45, 2.75) is 37.6 Å². The molecular formula is C15H19NO4. The van der Waals surface area contributed by atoms with Gasteiger partial charge >= 0.3 is 5.97 Å². The normalized spacial score (nSPS) is 16.1. The third-order valence-corrected chi connectivity index (χ3v) is 3.81. The van der Waals surface area contributed by atoms with Crippen molar-refractivity contribution >= 4 is 11.9 Å². The number of carboxylic acid groups (broad SMARTS) is 1. The van der Waals surface area contributed by atoms with E-state index in [2.05, 4.69) is 5.32 Å². The molecule has 0 saturated heterocycles. The predicted octanol–water partition coefficient (Wildman–Crippen LogP) is 1.75. The summed E-state index contributed by atoms with van der Waals surface area (Å²) in [5, 5.41) is 11.8. The predicted molar refractivity (Wildman–Crippen MR) is 73.7 cm³/mol. The first kappa shape index (κ1) is 14.4. The third kappa shape index (κ3) is 2.92. The van der Waals surface area contributed by atoms with Crippen LogP contribution in [0, 0.1) is 0 Å². The Balaban J connectivity index is 1.91. The molecule has 1 aliphatic rings. The van der Waals surface area contributed by atoms with Crippen molar-refractivity contribution in [2.24, 2.45) is 0 Å². The van der Waals surface area contributed by atoms with Crippen molar-refractivity contribution in [2.75, 3.05) is 7.11 Å². The monoisotopic (exact) mass is 277 g/mol. The Hall–Kier alpha value is -2.04. The highest BCUT2D eigenvalue weighted by Crippen LogP contribution is 2.32. The Morgan fingerprint density at radius 2 is 2.05 bits per heavy atom. The van der Waals surface area contributed by atoms with Crippen LogP contribution in [0.25, 0.3) is 0 Å². The van der Waals surface area contributed by atoms with E-state index in [1.807, 2.05) is 24.3 Å². The largest absolute Gasteiger partial charge is 0.496 e. The number of hydrogen-bond acceptors (Lipinski definition) is 3. The lowest BCUT2D eigenvalue weighted by Gasteiger charge is -2.38. The fourth-order valence-corrected chi connectivity index (χ4v) is 2.41. The van der Waals surface area contributed by atoms with Crippen molar-refractivity contribution in [1.82, 2.24) is 5.32 Å². The number of amides is 1. The number of carboxylic acids is 1. The molecule has 0 heterocycles. The van der Waals surface area contributed by atoms with E-state index in [-0.39, 0.29) is 12.3 Å². The summed E-state index contributed by atoms with van der Waals surface area (Å²) in [7, 11) is 1.59. The van der Waals surface area contributed by atoms with Crippen LogP contribution in [0.4, 0.5) is 0 Å². The number of carbonyl (C=O) groups excluding carboxylic acids is 1. The van der Waals surface area contributed by atoms with E-state index in [0.717, 1.165) is 17.7 Å². The number of hydrogen-bond donors (Lipinski definition) is 2. The van der Waals surface area contributed by atoms with E-state index < -0.39 is 11.5 Å². The first-order valence-electron chi connectivity index (χ1n) is 6.74. The van der Waals surface area contributed by atoms with E-state index in [1.54, 1.807) is 7.11 Å². The molecule has 1 aliphatic carbocycles. The Bertz CT molecular complexity index is 508. The van der Waals surface area contributed by atoms with Gasteiger partial charge in [0, 0.05) is 6.42 Å². The highest BCUT2D eigenvalue weighted by molar-refractivity contribution is 5.87. The van der Waals surface area contributed by atoms with Gasteiger partial charge < -0.3 is 15.2 Å². The molecule has 0 aromatic heterocycles. The van der Waals surface area contributed by atoms with E-state index in [9.17, 15) is 9.59 Å². The van der Waals surface area contributed by atoms with Crippen molar-refractivity contribution in [3.63, 3.8) is 0 Å². The average molecular weight is 277 g/mol. The average Bonchev–Trinajstić information content (AvgIpc) is 2.40. The summed E-state index contributed by atoms with van der Waals surface area (Å²) in [6.45, 7) is 0. The number of nitrogens with one attached hydrogen (secondary N) is 1. The lowest BCUT2D eigenvalue weighted by atomic mass is 9.76. The first-order valence-corrected chi connectivity index (χ1v) is 6.74. The van der Waals surface area contributed by atoms with Crippen LogP contribution in [0.3, 0.4) is 0 Å². The van der Waals surface area contributed by atoms with Crippen molar-refractivity contribution < 1.29 is 19.4 Å². The highest BCUT2D eigenvalue weighted by atomic mass is 16.5. The highest BCUT2D eigenvalue weighted by Gasteiger charge is 2.45.